The van der Waals surface area contributed by atoms with E-state index in [4.69, 9.17) is 21.3 Å². The van der Waals surface area contributed by atoms with Crippen LogP contribution in [0.2, 0.25) is 5.02 Å². The Hall–Kier alpha value is -1.42. The summed E-state index contributed by atoms with van der Waals surface area (Å²) in [5.41, 5.74) is 2.30. The molecular formula is C22H31ClIN5O. The molecule has 1 aromatic heterocycles. The van der Waals surface area contributed by atoms with Crippen molar-refractivity contribution in [1.29, 1.82) is 0 Å². The molecule has 0 amide bonds. The Morgan fingerprint density at radius 3 is 2.60 bits per heavy atom. The molecule has 1 fully saturated rings. The zero-order chi connectivity index (χ0) is 20.3. The number of hydrogen-bond acceptors (Lipinski definition) is 4. The van der Waals surface area contributed by atoms with Crippen LogP contribution in [-0.2, 0) is 11.2 Å². The zero-order valence-corrected chi connectivity index (χ0v) is 20.5. The number of morpholine rings is 1. The van der Waals surface area contributed by atoms with Crippen LogP contribution in [0.1, 0.15) is 24.2 Å². The highest BCUT2D eigenvalue weighted by molar-refractivity contribution is 14.0. The molecule has 6 nitrogen and oxygen atoms in total. The Morgan fingerprint density at radius 2 is 1.93 bits per heavy atom. The van der Waals surface area contributed by atoms with Gasteiger partial charge in [-0.1, -0.05) is 29.8 Å². The number of aliphatic imine (C=N–C) groups is 1. The van der Waals surface area contributed by atoms with Crippen LogP contribution in [0.3, 0.4) is 0 Å². The zero-order valence-electron chi connectivity index (χ0n) is 17.4. The number of nitrogens with one attached hydrogen (secondary N) is 2. The maximum absolute atomic E-state index is 6.09. The van der Waals surface area contributed by atoms with Crippen molar-refractivity contribution >= 4 is 41.5 Å². The quantitative estimate of drug-likeness (QED) is 0.303. The third-order valence-electron chi connectivity index (χ3n) is 4.91. The number of halogens is 2. The van der Waals surface area contributed by atoms with Gasteiger partial charge < -0.3 is 15.4 Å². The number of aromatic nitrogens is 1. The Labute approximate surface area is 201 Å². The van der Waals surface area contributed by atoms with Crippen LogP contribution in [0.25, 0.3) is 0 Å². The molecule has 1 aliphatic heterocycles. The Morgan fingerprint density at radius 1 is 1.17 bits per heavy atom. The second kappa shape index (κ2) is 13.8. The fourth-order valence-electron chi connectivity index (χ4n) is 3.38. The van der Waals surface area contributed by atoms with Crippen molar-refractivity contribution < 1.29 is 4.74 Å². The SMILES string of the molecule is CCNC(=NCC(c1ccc(Cl)cc1)N1CCOCC1)NCCc1ccccn1.I. The number of benzene rings is 1. The highest BCUT2D eigenvalue weighted by Crippen LogP contribution is 2.24. The molecule has 0 bridgehead atoms. The molecule has 0 spiro atoms. The Kier molecular flexibility index (Phi) is 11.4. The van der Waals surface area contributed by atoms with Crippen molar-refractivity contribution in [2.45, 2.75) is 19.4 Å². The summed E-state index contributed by atoms with van der Waals surface area (Å²) in [6.45, 7) is 7.69. The number of guanidine groups is 1. The van der Waals surface area contributed by atoms with Gasteiger partial charge in [-0.3, -0.25) is 14.9 Å². The summed E-state index contributed by atoms with van der Waals surface area (Å²) in [4.78, 5) is 11.7. The number of pyridine rings is 1. The predicted molar refractivity (Wildman–Crippen MR) is 134 cm³/mol. The molecule has 0 saturated carbocycles. The number of rotatable bonds is 8. The van der Waals surface area contributed by atoms with Crippen LogP contribution in [0.5, 0.6) is 0 Å². The van der Waals surface area contributed by atoms with Gasteiger partial charge in [0, 0.05) is 49.5 Å². The van der Waals surface area contributed by atoms with Gasteiger partial charge in [0.1, 0.15) is 0 Å². The van der Waals surface area contributed by atoms with Crippen LogP contribution in [0.4, 0.5) is 0 Å². The van der Waals surface area contributed by atoms with Crippen molar-refractivity contribution in [3.8, 4) is 0 Å². The van der Waals surface area contributed by atoms with Gasteiger partial charge in [0.2, 0.25) is 0 Å². The van der Waals surface area contributed by atoms with Crippen LogP contribution in [0, 0.1) is 0 Å². The summed E-state index contributed by atoms with van der Waals surface area (Å²) in [5, 5.41) is 7.52. The van der Waals surface area contributed by atoms with Gasteiger partial charge in [-0.05, 0) is 36.8 Å². The largest absolute Gasteiger partial charge is 0.379 e. The standard InChI is InChI=1S/C22H30ClN5O.HI/c1-2-24-22(26-12-10-20-5-3-4-11-25-20)27-17-21(28-13-15-29-16-14-28)18-6-8-19(23)9-7-18;/h3-9,11,21H,2,10,12-17H2,1H3,(H2,24,26,27);1H. The van der Waals surface area contributed by atoms with Gasteiger partial charge in [-0.2, -0.15) is 0 Å². The van der Waals surface area contributed by atoms with Gasteiger partial charge in [-0.25, -0.2) is 0 Å². The average Bonchev–Trinajstić information content (AvgIpc) is 2.76. The first-order valence-electron chi connectivity index (χ1n) is 10.3. The molecule has 3 rings (SSSR count). The minimum atomic E-state index is 0. The summed E-state index contributed by atoms with van der Waals surface area (Å²) in [7, 11) is 0. The van der Waals surface area contributed by atoms with Gasteiger partial charge in [0.25, 0.3) is 0 Å². The van der Waals surface area contributed by atoms with Crippen LogP contribution in [0.15, 0.2) is 53.7 Å². The van der Waals surface area contributed by atoms with E-state index in [2.05, 4.69) is 39.6 Å². The molecule has 1 atom stereocenters. The van der Waals surface area contributed by atoms with E-state index in [1.165, 1.54) is 5.56 Å². The van der Waals surface area contributed by atoms with E-state index in [-0.39, 0.29) is 30.0 Å². The molecule has 2 aromatic rings. The van der Waals surface area contributed by atoms with E-state index < -0.39 is 0 Å². The molecular weight excluding hydrogens is 513 g/mol. The molecule has 1 aromatic carbocycles. The summed E-state index contributed by atoms with van der Waals surface area (Å²) in [5.74, 6) is 0.829. The topological polar surface area (TPSA) is 61.8 Å². The molecule has 1 saturated heterocycles. The molecule has 0 aliphatic carbocycles. The number of hydrogen-bond donors (Lipinski definition) is 2. The maximum Gasteiger partial charge on any atom is 0.191 e. The number of nitrogens with zero attached hydrogens (tertiary/aromatic N) is 3. The van der Waals surface area contributed by atoms with E-state index in [0.717, 1.165) is 62.5 Å². The first-order valence-corrected chi connectivity index (χ1v) is 10.6. The molecule has 30 heavy (non-hydrogen) atoms. The highest BCUT2D eigenvalue weighted by atomic mass is 127. The van der Waals surface area contributed by atoms with Crippen LogP contribution < -0.4 is 10.6 Å². The third kappa shape index (κ3) is 8.02. The molecule has 1 aliphatic rings. The van der Waals surface area contributed by atoms with E-state index in [1.807, 2.05) is 36.5 Å². The van der Waals surface area contributed by atoms with E-state index in [1.54, 1.807) is 0 Å². The lowest BCUT2D eigenvalue weighted by Gasteiger charge is -2.34. The highest BCUT2D eigenvalue weighted by Gasteiger charge is 2.22. The van der Waals surface area contributed by atoms with Gasteiger partial charge in [0.15, 0.2) is 5.96 Å². The summed E-state index contributed by atoms with van der Waals surface area (Å²) in [6.07, 6.45) is 2.68. The number of ether oxygens (including phenoxy) is 1. The minimum Gasteiger partial charge on any atom is -0.379 e. The first kappa shape index (κ1) is 24.8. The van der Waals surface area contributed by atoms with Crippen molar-refractivity contribution in [3.05, 3.63) is 64.9 Å². The van der Waals surface area contributed by atoms with Crippen LogP contribution >= 0.6 is 35.6 Å². The van der Waals surface area contributed by atoms with Crippen molar-refractivity contribution in [2.24, 2.45) is 4.99 Å². The smallest absolute Gasteiger partial charge is 0.191 e. The molecule has 2 heterocycles. The lowest BCUT2D eigenvalue weighted by atomic mass is 10.0. The summed E-state index contributed by atoms with van der Waals surface area (Å²) in [6, 6.07) is 14.3. The van der Waals surface area contributed by atoms with Gasteiger partial charge in [0.05, 0.1) is 25.8 Å². The Bertz CT molecular complexity index is 754. The predicted octanol–water partition coefficient (Wildman–Crippen LogP) is 3.52. The fourth-order valence-corrected chi connectivity index (χ4v) is 3.51. The molecule has 1 unspecified atom stereocenters. The molecule has 0 radical (unpaired) electrons. The Balaban J connectivity index is 0.00000320. The summed E-state index contributed by atoms with van der Waals surface area (Å²) >= 11 is 6.09. The lowest BCUT2D eigenvalue weighted by molar-refractivity contribution is 0.0180. The fraction of sp³-hybridized carbons (Fsp3) is 0.455. The first-order chi connectivity index (χ1) is 14.3. The average molecular weight is 544 g/mol. The molecule has 8 heteroatoms. The van der Waals surface area contributed by atoms with E-state index in [0.29, 0.717) is 6.54 Å². The van der Waals surface area contributed by atoms with Crippen molar-refractivity contribution in [2.75, 3.05) is 45.9 Å². The van der Waals surface area contributed by atoms with Crippen molar-refractivity contribution in [3.63, 3.8) is 0 Å². The second-order valence-electron chi connectivity index (χ2n) is 6.93. The summed E-state index contributed by atoms with van der Waals surface area (Å²) < 4.78 is 5.53. The monoisotopic (exact) mass is 543 g/mol. The molecule has 2 N–H and O–H groups in total. The van der Waals surface area contributed by atoms with Gasteiger partial charge >= 0.3 is 0 Å². The normalized spacial score (nSPS) is 15.9. The van der Waals surface area contributed by atoms with E-state index >= 15 is 0 Å². The lowest BCUT2D eigenvalue weighted by Crippen LogP contribution is -2.42. The maximum atomic E-state index is 6.09. The van der Waals surface area contributed by atoms with Crippen molar-refractivity contribution in [1.82, 2.24) is 20.5 Å². The van der Waals surface area contributed by atoms with E-state index in [9.17, 15) is 0 Å². The van der Waals surface area contributed by atoms with Gasteiger partial charge in [-0.15, -0.1) is 24.0 Å². The minimum absolute atomic E-state index is 0. The van der Waals surface area contributed by atoms with Crippen LogP contribution in [-0.4, -0.2) is 61.8 Å². The third-order valence-corrected chi connectivity index (χ3v) is 5.16. The molecule has 164 valence electrons. The second-order valence-corrected chi connectivity index (χ2v) is 7.37.